The van der Waals surface area contributed by atoms with Crippen LogP contribution in [-0.2, 0) is 4.79 Å². The third kappa shape index (κ3) is 4.53. The predicted octanol–water partition coefficient (Wildman–Crippen LogP) is 3.26. The first kappa shape index (κ1) is 17.0. The standard InChI is InChI=1S/C17H16ClFN2O2/c1-12(22)21(14-8-6-13(19)7-9-14)11-10-20-17(23)15-4-2-3-5-16(15)18/h2-9H,10-11H2,1H3,(H,20,23). The van der Waals surface area contributed by atoms with Crippen LogP contribution in [-0.4, -0.2) is 24.9 Å². The number of hydrogen-bond donors (Lipinski definition) is 1. The van der Waals surface area contributed by atoms with Gasteiger partial charge in [-0.15, -0.1) is 0 Å². The summed E-state index contributed by atoms with van der Waals surface area (Å²) in [5.41, 5.74) is 0.955. The van der Waals surface area contributed by atoms with Crippen LogP contribution < -0.4 is 10.2 Å². The Hall–Kier alpha value is -2.40. The third-order valence-corrected chi connectivity index (χ3v) is 3.59. The summed E-state index contributed by atoms with van der Waals surface area (Å²) in [5.74, 6) is -0.869. The second-order valence-corrected chi connectivity index (χ2v) is 5.29. The number of halogens is 2. The Balaban J connectivity index is 1.97. The minimum absolute atomic E-state index is 0.191. The van der Waals surface area contributed by atoms with Gasteiger partial charge in [-0.25, -0.2) is 4.39 Å². The molecular formula is C17H16ClFN2O2. The summed E-state index contributed by atoms with van der Waals surface area (Å²) in [6, 6.07) is 12.3. The maximum Gasteiger partial charge on any atom is 0.252 e. The molecule has 2 rings (SSSR count). The fourth-order valence-electron chi connectivity index (χ4n) is 2.11. The zero-order chi connectivity index (χ0) is 16.8. The van der Waals surface area contributed by atoms with Crippen molar-refractivity contribution in [3.05, 3.63) is 64.9 Å². The predicted molar refractivity (Wildman–Crippen MR) is 88.2 cm³/mol. The number of carbonyl (C=O) groups is 2. The van der Waals surface area contributed by atoms with E-state index in [1.807, 2.05) is 0 Å². The second-order valence-electron chi connectivity index (χ2n) is 4.88. The summed E-state index contributed by atoms with van der Waals surface area (Å²) >= 11 is 5.96. The molecule has 0 radical (unpaired) electrons. The van der Waals surface area contributed by atoms with Crippen molar-refractivity contribution in [2.45, 2.75) is 6.92 Å². The van der Waals surface area contributed by atoms with Crippen molar-refractivity contribution in [3.63, 3.8) is 0 Å². The topological polar surface area (TPSA) is 49.4 Å². The molecule has 0 atom stereocenters. The molecular weight excluding hydrogens is 319 g/mol. The van der Waals surface area contributed by atoms with E-state index in [1.165, 1.54) is 36.1 Å². The number of anilines is 1. The monoisotopic (exact) mass is 334 g/mol. The maximum absolute atomic E-state index is 13.0. The van der Waals surface area contributed by atoms with Crippen LogP contribution in [0.25, 0.3) is 0 Å². The van der Waals surface area contributed by atoms with Gasteiger partial charge in [-0.05, 0) is 36.4 Å². The van der Waals surface area contributed by atoms with Crippen molar-refractivity contribution in [2.24, 2.45) is 0 Å². The van der Waals surface area contributed by atoms with Gasteiger partial charge in [0.05, 0.1) is 10.6 Å². The van der Waals surface area contributed by atoms with E-state index in [1.54, 1.807) is 24.3 Å². The normalized spacial score (nSPS) is 10.2. The van der Waals surface area contributed by atoms with E-state index < -0.39 is 0 Å². The number of rotatable bonds is 5. The van der Waals surface area contributed by atoms with E-state index in [-0.39, 0.29) is 30.7 Å². The van der Waals surface area contributed by atoms with Gasteiger partial charge < -0.3 is 10.2 Å². The molecule has 1 N–H and O–H groups in total. The fraction of sp³-hybridized carbons (Fsp3) is 0.176. The van der Waals surface area contributed by atoms with Crippen LogP contribution in [0.3, 0.4) is 0 Å². The minimum atomic E-state index is -0.371. The van der Waals surface area contributed by atoms with Crippen LogP contribution in [0.1, 0.15) is 17.3 Å². The molecule has 0 heterocycles. The van der Waals surface area contributed by atoms with Gasteiger partial charge in [0, 0.05) is 25.7 Å². The Morgan fingerprint density at radius 2 is 1.78 bits per heavy atom. The molecule has 23 heavy (non-hydrogen) atoms. The molecule has 0 aromatic heterocycles. The van der Waals surface area contributed by atoms with Crippen LogP contribution in [0.4, 0.5) is 10.1 Å². The summed E-state index contributed by atoms with van der Waals surface area (Å²) < 4.78 is 13.0. The van der Waals surface area contributed by atoms with Crippen molar-refractivity contribution >= 4 is 29.1 Å². The summed E-state index contributed by atoms with van der Waals surface area (Å²) in [4.78, 5) is 25.2. The van der Waals surface area contributed by atoms with Crippen LogP contribution in [0.15, 0.2) is 48.5 Å². The largest absolute Gasteiger partial charge is 0.350 e. The average molecular weight is 335 g/mol. The van der Waals surface area contributed by atoms with Gasteiger partial charge in [0.2, 0.25) is 5.91 Å². The van der Waals surface area contributed by atoms with Crippen molar-refractivity contribution in [3.8, 4) is 0 Å². The van der Waals surface area contributed by atoms with E-state index in [4.69, 9.17) is 11.6 Å². The Bertz CT molecular complexity index is 704. The van der Waals surface area contributed by atoms with E-state index in [2.05, 4.69) is 5.32 Å². The Morgan fingerprint density at radius 3 is 2.39 bits per heavy atom. The first-order valence-electron chi connectivity index (χ1n) is 7.05. The minimum Gasteiger partial charge on any atom is -0.350 e. The Labute approximate surface area is 138 Å². The number of hydrogen-bond acceptors (Lipinski definition) is 2. The first-order valence-corrected chi connectivity index (χ1v) is 7.43. The van der Waals surface area contributed by atoms with Crippen LogP contribution in [0.2, 0.25) is 5.02 Å². The van der Waals surface area contributed by atoms with Crippen LogP contribution in [0, 0.1) is 5.82 Å². The van der Waals surface area contributed by atoms with Crippen molar-refractivity contribution in [1.82, 2.24) is 5.32 Å². The molecule has 0 spiro atoms. The summed E-state index contributed by atoms with van der Waals surface area (Å²) in [5, 5.41) is 3.08. The highest BCUT2D eigenvalue weighted by Crippen LogP contribution is 2.16. The SMILES string of the molecule is CC(=O)N(CCNC(=O)c1ccccc1Cl)c1ccc(F)cc1. The summed E-state index contributed by atoms with van der Waals surface area (Å²) in [6.45, 7) is 1.94. The molecule has 0 fully saturated rings. The number of nitrogens with zero attached hydrogens (tertiary/aromatic N) is 1. The molecule has 2 aromatic rings. The molecule has 6 heteroatoms. The lowest BCUT2D eigenvalue weighted by Crippen LogP contribution is -2.37. The molecule has 0 aliphatic heterocycles. The van der Waals surface area contributed by atoms with E-state index in [0.29, 0.717) is 16.3 Å². The smallest absolute Gasteiger partial charge is 0.252 e. The first-order chi connectivity index (χ1) is 11.0. The lowest BCUT2D eigenvalue weighted by Gasteiger charge is -2.21. The van der Waals surface area contributed by atoms with Gasteiger partial charge in [0.25, 0.3) is 5.91 Å². The van der Waals surface area contributed by atoms with E-state index >= 15 is 0 Å². The Morgan fingerprint density at radius 1 is 1.13 bits per heavy atom. The van der Waals surface area contributed by atoms with Gasteiger partial charge in [-0.3, -0.25) is 9.59 Å². The highest BCUT2D eigenvalue weighted by atomic mass is 35.5. The maximum atomic E-state index is 13.0. The van der Waals surface area contributed by atoms with Crippen molar-refractivity contribution in [2.75, 3.05) is 18.0 Å². The highest BCUT2D eigenvalue weighted by molar-refractivity contribution is 6.33. The van der Waals surface area contributed by atoms with Crippen LogP contribution >= 0.6 is 11.6 Å². The van der Waals surface area contributed by atoms with Gasteiger partial charge in [-0.2, -0.15) is 0 Å². The van der Waals surface area contributed by atoms with Crippen molar-refractivity contribution in [1.29, 1.82) is 0 Å². The average Bonchev–Trinajstić information content (AvgIpc) is 2.52. The molecule has 4 nitrogen and oxygen atoms in total. The lowest BCUT2D eigenvalue weighted by molar-refractivity contribution is -0.116. The zero-order valence-electron chi connectivity index (χ0n) is 12.6. The molecule has 0 aliphatic carbocycles. The van der Waals surface area contributed by atoms with Gasteiger partial charge in [0.15, 0.2) is 0 Å². The number of benzene rings is 2. The second kappa shape index (κ2) is 7.74. The molecule has 0 saturated heterocycles. The third-order valence-electron chi connectivity index (χ3n) is 3.26. The molecule has 2 amide bonds. The molecule has 0 bridgehead atoms. The van der Waals surface area contributed by atoms with Gasteiger partial charge in [-0.1, -0.05) is 23.7 Å². The van der Waals surface area contributed by atoms with Gasteiger partial charge >= 0.3 is 0 Å². The van der Waals surface area contributed by atoms with Crippen LogP contribution in [0.5, 0.6) is 0 Å². The number of carbonyl (C=O) groups excluding carboxylic acids is 2. The Kier molecular flexibility index (Phi) is 5.71. The number of nitrogens with one attached hydrogen (secondary N) is 1. The summed E-state index contributed by atoms with van der Waals surface area (Å²) in [6.07, 6.45) is 0. The molecule has 0 saturated carbocycles. The summed E-state index contributed by atoms with van der Waals surface area (Å²) in [7, 11) is 0. The lowest BCUT2D eigenvalue weighted by atomic mass is 10.2. The van der Waals surface area contributed by atoms with E-state index in [9.17, 15) is 14.0 Å². The fourth-order valence-corrected chi connectivity index (χ4v) is 2.33. The van der Waals surface area contributed by atoms with E-state index in [0.717, 1.165) is 0 Å². The molecule has 0 aliphatic rings. The molecule has 120 valence electrons. The van der Waals surface area contributed by atoms with Gasteiger partial charge in [0.1, 0.15) is 5.82 Å². The molecule has 2 aromatic carbocycles. The van der Waals surface area contributed by atoms with Crippen molar-refractivity contribution < 1.29 is 14.0 Å². The quantitative estimate of drug-likeness (QED) is 0.912. The zero-order valence-corrected chi connectivity index (χ0v) is 13.3. The number of amides is 2. The highest BCUT2D eigenvalue weighted by Gasteiger charge is 2.13. The molecule has 0 unspecified atom stereocenters.